The van der Waals surface area contributed by atoms with Gasteiger partial charge in [0, 0.05) is 19.6 Å². The molecule has 1 N–H and O–H groups in total. The predicted molar refractivity (Wildman–Crippen MR) is 94.9 cm³/mol. The van der Waals surface area contributed by atoms with Gasteiger partial charge in [-0.3, -0.25) is 4.79 Å². The number of aryl methyl sites for hydroxylation is 1. The van der Waals surface area contributed by atoms with E-state index in [0.717, 1.165) is 31.2 Å². The molecule has 1 aliphatic carbocycles. The van der Waals surface area contributed by atoms with Crippen molar-refractivity contribution in [2.24, 2.45) is 5.92 Å². The van der Waals surface area contributed by atoms with Crippen LogP contribution in [0.15, 0.2) is 24.3 Å². The zero-order valence-electron chi connectivity index (χ0n) is 15.2. The largest absolute Gasteiger partial charge is 0.390 e. The number of hydrogen-bond donors (Lipinski definition) is 1. The standard InChI is InChI=1S/C20H27F3N2O/c1-15-4-6-17(7-5-15)19(8-9-19)18(26)24-13-16-3-2-11-25(14-16)12-10-20(21,22)23/h4-7,16H,2-3,8-14H2,1H3,(H,24,26). The third kappa shape index (κ3) is 4.78. The van der Waals surface area contributed by atoms with Gasteiger partial charge in [-0.25, -0.2) is 0 Å². The van der Waals surface area contributed by atoms with Gasteiger partial charge in [-0.2, -0.15) is 13.2 Å². The van der Waals surface area contributed by atoms with E-state index >= 15 is 0 Å². The van der Waals surface area contributed by atoms with Gasteiger partial charge in [0.15, 0.2) is 0 Å². The molecule has 3 nitrogen and oxygen atoms in total. The summed E-state index contributed by atoms with van der Waals surface area (Å²) in [5.74, 6) is 0.295. The molecule has 144 valence electrons. The minimum absolute atomic E-state index is 0.0568. The highest BCUT2D eigenvalue weighted by atomic mass is 19.4. The number of piperidine rings is 1. The monoisotopic (exact) mass is 368 g/mol. The van der Waals surface area contributed by atoms with Crippen molar-refractivity contribution in [1.29, 1.82) is 0 Å². The Kier molecular flexibility index (Phi) is 5.61. The van der Waals surface area contributed by atoms with Crippen molar-refractivity contribution in [2.45, 2.75) is 50.6 Å². The first-order valence-electron chi connectivity index (χ1n) is 9.43. The van der Waals surface area contributed by atoms with Crippen LogP contribution in [0.5, 0.6) is 0 Å². The van der Waals surface area contributed by atoms with Crippen molar-refractivity contribution in [3.05, 3.63) is 35.4 Å². The summed E-state index contributed by atoms with van der Waals surface area (Å²) < 4.78 is 37.2. The number of halogens is 3. The number of carbonyl (C=O) groups is 1. The minimum atomic E-state index is -4.10. The predicted octanol–water partition coefficient (Wildman–Crippen LogP) is 3.81. The second-order valence-corrected chi connectivity index (χ2v) is 7.83. The summed E-state index contributed by atoms with van der Waals surface area (Å²) in [6.07, 6.45) is -1.29. The molecule has 1 unspecified atom stereocenters. The van der Waals surface area contributed by atoms with Crippen molar-refractivity contribution in [3.63, 3.8) is 0 Å². The molecule has 1 saturated carbocycles. The minimum Gasteiger partial charge on any atom is -0.355 e. The number of hydrogen-bond acceptors (Lipinski definition) is 2. The van der Waals surface area contributed by atoms with Gasteiger partial charge in [0.2, 0.25) is 5.91 Å². The van der Waals surface area contributed by atoms with E-state index in [1.165, 1.54) is 5.56 Å². The average molecular weight is 368 g/mol. The maximum atomic E-state index is 12.7. The topological polar surface area (TPSA) is 32.3 Å². The van der Waals surface area contributed by atoms with Crippen LogP contribution >= 0.6 is 0 Å². The van der Waals surface area contributed by atoms with Gasteiger partial charge >= 0.3 is 6.18 Å². The summed E-state index contributed by atoms with van der Waals surface area (Å²) in [5, 5.41) is 3.07. The lowest BCUT2D eigenvalue weighted by molar-refractivity contribution is -0.138. The Labute approximate surface area is 152 Å². The van der Waals surface area contributed by atoms with Crippen molar-refractivity contribution in [1.82, 2.24) is 10.2 Å². The number of carbonyl (C=O) groups excluding carboxylic acids is 1. The number of rotatable bonds is 6. The van der Waals surface area contributed by atoms with Gasteiger partial charge in [-0.15, -0.1) is 0 Å². The molecule has 3 rings (SSSR count). The number of nitrogens with zero attached hydrogens (tertiary/aromatic N) is 1. The van der Waals surface area contributed by atoms with E-state index in [-0.39, 0.29) is 18.4 Å². The van der Waals surface area contributed by atoms with E-state index in [1.807, 2.05) is 36.1 Å². The van der Waals surface area contributed by atoms with Gasteiger partial charge in [0.1, 0.15) is 0 Å². The smallest absolute Gasteiger partial charge is 0.355 e. The van der Waals surface area contributed by atoms with Gasteiger partial charge in [-0.05, 0) is 50.6 Å². The fraction of sp³-hybridized carbons (Fsp3) is 0.650. The molecular formula is C20H27F3N2O. The molecular weight excluding hydrogens is 341 g/mol. The first-order valence-corrected chi connectivity index (χ1v) is 9.43. The Morgan fingerprint density at radius 2 is 1.96 bits per heavy atom. The summed E-state index contributed by atoms with van der Waals surface area (Å²) in [7, 11) is 0. The summed E-state index contributed by atoms with van der Waals surface area (Å²) in [6.45, 7) is 3.98. The Morgan fingerprint density at radius 3 is 2.58 bits per heavy atom. The lowest BCUT2D eigenvalue weighted by Gasteiger charge is -2.33. The number of amides is 1. The van der Waals surface area contributed by atoms with E-state index < -0.39 is 18.0 Å². The first kappa shape index (κ1) is 19.2. The molecule has 1 saturated heterocycles. The fourth-order valence-electron chi connectivity index (χ4n) is 3.86. The van der Waals surface area contributed by atoms with E-state index in [2.05, 4.69) is 5.32 Å². The maximum absolute atomic E-state index is 12.7. The summed E-state index contributed by atoms with van der Waals surface area (Å²) in [5.41, 5.74) is 1.85. The number of alkyl halides is 3. The molecule has 0 aromatic heterocycles. The molecule has 1 heterocycles. The van der Waals surface area contributed by atoms with Crippen LogP contribution in [-0.2, 0) is 10.2 Å². The lowest BCUT2D eigenvalue weighted by Crippen LogP contribution is -2.44. The lowest BCUT2D eigenvalue weighted by atomic mass is 9.93. The Balaban J connectivity index is 1.49. The molecule has 0 bridgehead atoms. The average Bonchev–Trinajstić information content (AvgIpc) is 3.40. The Morgan fingerprint density at radius 1 is 1.27 bits per heavy atom. The summed E-state index contributed by atoms with van der Waals surface area (Å²) in [4.78, 5) is 14.6. The van der Waals surface area contributed by atoms with Crippen LogP contribution in [0, 0.1) is 12.8 Å². The van der Waals surface area contributed by atoms with E-state index in [1.54, 1.807) is 0 Å². The molecule has 0 radical (unpaired) electrons. The molecule has 1 aromatic carbocycles. The molecule has 1 amide bonds. The van der Waals surface area contributed by atoms with Crippen molar-refractivity contribution in [2.75, 3.05) is 26.2 Å². The summed E-state index contributed by atoms with van der Waals surface area (Å²) in [6, 6.07) is 8.12. The first-order chi connectivity index (χ1) is 12.3. The third-order valence-corrected chi connectivity index (χ3v) is 5.65. The van der Waals surface area contributed by atoms with Crippen LogP contribution in [0.4, 0.5) is 13.2 Å². The third-order valence-electron chi connectivity index (χ3n) is 5.65. The normalized spacial score (nSPS) is 22.8. The van der Waals surface area contributed by atoms with Crippen LogP contribution in [0.25, 0.3) is 0 Å². The molecule has 2 aliphatic rings. The van der Waals surface area contributed by atoms with E-state index in [9.17, 15) is 18.0 Å². The van der Waals surface area contributed by atoms with Crippen molar-refractivity contribution >= 4 is 5.91 Å². The molecule has 2 fully saturated rings. The van der Waals surface area contributed by atoms with Crippen LogP contribution < -0.4 is 5.32 Å². The van der Waals surface area contributed by atoms with Crippen molar-refractivity contribution in [3.8, 4) is 0 Å². The number of benzene rings is 1. The highest BCUT2D eigenvalue weighted by Crippen LogP contribution is 2.48. The van der Waals surface area contributed by atoms with Gasteiger partial charge < -0.3 is 10.2 Å². The van der Waals surface area contributed by atoms with Crippen LogP contribution in [0.2, 0.25) is 0 Å². The highest BCUT2D eigenvalue weighted by molar-refractivity contribution is 5.91. The second-order valence-electron chi connectivity index (χ2n) is 7.83. The van der Waals surface area contributed by atoms with Crippen LogP contribution in [0.3, 0.4) is 0 Å². The molecule has 0 spiro atoms. The van der Waals surface area contributed by atoms with Gasteiger partial charge in [0.25, 0.3) is 0 Å². The Hall–Kier alpha value is -1.56. The van der Waals surface area contributed by atoms with Gasteiger partial charge in [0.05, 0.1) is 11.8 Å². The summed E-state index contributed by atoms with van der Waals surface area (Å²) >= 11 is 0. The Bertz CT molecular complexity index is 623. The van der Waals surface area contributed by atoms with E-state index in [4.69, 9.17) is 0 Å². The number of nitrogens with one attached hydrogen (secondary N) is 1. The second kappa shape index (κ2) is 7.59. The molecule has 1 aromatic rings. The molecule has 26 heavy (non-hydrogen) atoms. The molecule has 1 aliphatic heterocycles. The molecule has 1 atom stereocenters. The fourth-order valence-corrected chi connectivity index (χ4v) is 3.86. The van der Waals surface area contributed by atoms with Crippen molar-refractivity contribution < 1.29 is 18.0 Å². The van der Waals surface area contributed by atoms with Crippen LogP contribution in [0.1, 0.15) is 43.2 Å². The maximum Gasteiger partial charge on any atom is 0.390 e. The van der Waals surface area contributed by atoms with Crippen LogP contribution in [-0.4, -0.2) is 43.2 Å². The van der Waals surface area contributed by atoms with E-state index in [0.29, 0.717) is 19.6 Å². The van der Waals surface area contributed by atoms with Gasteiger partial charge in [-0.1, -0.05) is 29.8 Å². The zero-order chi connectivity index (χ0) is 18.8. The SMILES string of the molecule is Cc1ccc(C2(C(=O)NCC3CCCN(CCC(F)(F)F)C3)CC2)cc1. The quantitative estimate of drug-likeness (QED) is 0.828. The zero-order valence-corrected chi connectivity index (χ0v) is 15.2. The number of likely N-dealkylation sites (tertiary alicyclic amines) is 1. The highest BCUT2D eigenvalue weighted by Gasteiger charge is 2.51. The molecule has 6 heteroatoms.